The third-order valence-electron chi connectivity index (χ3n) is 3.80. The summed E-state index contributed by atoms with van der Waals surface area (Å²) in [5.41, 5.74) is 8.78. The van der Waals surface area contributed by atoms with Gasteiger partial charge in [-0.15, -0.1) is 5.10 Å². The van der Waals surface area contributed by atoms with E-state index in [4.69, 9.17) is 22.7 Å². The van der Waals surface area contributed by atoms with E-state index >= 15 is 0 Å². The Kier molecular flexibility index (Phi) is 4.78. The molecule has 0 bridgehead atoms. The van der Waals surface area contributed by atoms with Gasteiger partial charge in [0.1, 0.15) is 4.99 Å². The molecule has 1 aliphatic rings. The molecule has 2 N–H and O–H groups in total. The van der Waals surface area contributed by atoms with Gasteiger partial charge in [-0.05, 0) is 32.3 Å². The molecule has 1 aromatic rings. The Balaban J connectivity index is 2.50. The van der Waals surface area contributed by atoms with Crippen LogP contribution in [0, 0.1) is 0 Å². The van der Waals surface area contributed by atoms with Crippen molar-refractivity contribution in [3.63, 3.8) is 0 Å². The Hall–Kier alpha value is -1.27. The van der Waals surface area contributed by atoms with Gasteiger partial charge in [0.2, 0.25) is 0 Å². The van der Waals surface area contributed by atoms with Gasteiger partial charge in [-0.3, -0.25) is 0 Å². The van der Waals surface area contributed by atoms with Crippen LogP contribution in [0.5, 0.6) is 0 Å². The molecule has 0 radical (unpaired) electrons. The average molecular weight is 308 g/mol. The van der Waals surface area contributed by atoms with Gasteiger partial charge in [0.05, 0.1) is 23.5 Å². The molecule has 5 nitrogen and oxygen atoms in total. The van der Waals surface area contributed by atoms with Crippen LogP contribution in [0.3, 0.4) is 0 Å². The molecule has 1 aliphatic heterocycles. The Labute approximate surface area is 131 Å². The minimum absolute atomic E-state index is 0.205. The molecule has 2 heterocycles. The lowest BCUT2D eigenvalue weighted by atomic mass is 10.0. The summed E-state index contributed by atoms with van der Waals surface area (Å²) in [6, 6.07) is 0. The predicted octanol–water partition coefficient (Wildman–Crippen LogP) is 1.85. The molecule has 0 atom stereocenters. The largest absolute Gasteiger partial charge is 0.389 e. The monoisotopic (exact) mass is 308 g/mol. The van der Waals surface area contributed by atoms with E-state index in [9.17, 15) is 0 Å². The van der Waals surface area contributed by atoms with Crippen molar-refractivity contribution in [1.82, 2.24) is 10.2 Å². The van der Waals surface area contributed by atoms with Gasteiger partial charge in [-0.25, -0.2) is 0 Å². The van der Waals surface area contributed by atoms with Crippen LogP contribution in [0.2, 0.25) is 0 Å². The predicted molar refractivity (Wildman–Crippen MR) is 88.9 cm³/mol. The number of rotatable bonds is 4. The Morgan fingerprint density at radius 1 is 1.33 bits per heavy atom. The van der Waals surface area contributed by atoms with Crippen molar-refractivity contribution in [3.8, 4) is 0 Å². The molecule has 0 amide bonds. The molecule has 0 aliphatic carbocycles. The lowest BCUT2D eigenvalue weighted by Gasteiger charge is -2.39. The van der Waals surface area contributed by atoms with Gasteiger partial charge in [0.15, 0.2) is 5.82 Å². The molecule has 0 aromatic carbocycles. The Morgan fingerprint density at radius 2 is 2.05 bits per heavy atom. The summed E-state index contributed by atoms with van der Waals surface area (Å²) in [6.45, 7) is 10.5. The van der Waals surface area contributed by atoms with Crippen molar-refractivity contribution in [3.05, 3.63) is 16.8 Å². The fourth-order valence-electron chi connectivity index (χ4n) is 2.84. The van der Waals surface area contributed by atoms with Crippen LogP contribution in [-0.4, -0.2) is 40.5 Å². The number of aryl methyl sites for hydroxylation is 1. The summed E-state index contributed by atoms with van der Waals surface area (Å²) >= 11 is 5.29. The van der Waals surface area contributed by atoms with E-state index in [0.29, 0.717) is 11.6 Å². The summed E-state index contributed by atoms with van der Waals surface area (Å²) in [7, 11) is 0. The molecule has 0 spiro atoms. The summed E-state index contributed by atoms with van der Waals surface area (Å²) in [6.07, 6.45) is 1.69. The number of morpholine rings is 1. The van der Waals surface area contributed by atoms with Crippen LogP contribution in [0.4, 0.5) is 5.82 Å². The van der Waals surface area contributed by atoms with E-state index in [1.54, 1.807) is 0 Å². The van der Waals surface area contributed by atoms with Crippen LogP contribution in [0.1, 0.15) is 44.5 Å². The van der Waals surface area contributed by atoms with Crippen molar-refractivity contribution in [2.75, 3.05) is 24.6 Å². The smallest absolute Gasteiger partial charge is 0.162 e. The van der Waals surface area contributed by atoms with Crippen LogP contribution in [-0.2, 0) is 17.6 Å². The average Bonchev–Trinajstić information content (AvgIpc) is 2.44. The van der Waals surface area contributed by atoms with E-state index in [1.165, 1.54) is 0 Å². The first-order valence-electron chi connectivity index (χ1n) is 7.46. The van der Waals surface area contributed by atoms with Crippen LogP contribution in [0.15, 0.2) is 0 Å². The standard InChI is InChI=1S/C15H24N4OS/c1-5-10-11(6-2)17-18-14(12(10)13(16)21)19-7-8-20-15(3,4)9-19/h5-9H2,1-4H3,(H2,16,21). The van der Waals surface area contributed by atoms with Crippen molar-refractivity contribution in [1.29, 1.82) is 0 Å². The Bertz CT molecular complexity index is 545. The number of ether oxygens (including phenoxy) is 1. The molecule has 2 rings (SSSR count). The quantitative estimate of drug-likeness (QED) is 0.857. The van der Waals surface area contributed by atoms with E-state index in [1.807, 2.05) is 0 Å². The zero-order valence-corrected chi connectivity index (χ0v) is 14.1. The molecule has 21 heavy (non-hydrogen) atoms. The van der Waals surface area contributed by atoms with Gasteiger partial charge in [0, 0.05) is 13.1 Å². The topological polar surface area (TPSA) is 64.3 Å². The minimum Gasteiger partial charge on any atom is -0.389 e. The van der Waals surface area contributed by atoms with Gasteiger partial charge in [0.25, 0.3) is 0 Å². The maximum absolute atomic E-state index is 5.99. The summed E-state index contributed by atoms with van der Waals surface area (Å²) in [5.74, 6) is 0.799. The maximum atomic E-state index is 5.99. The number of thiocarbonyl (C=S) groups is 1. The van der Waals surface area contributed by atoms with Crippen molar-refractivity contribution < 1.29 is 4.74 Å². The lowest BCUT2D eigenvalue weighted by Crippen LogP contribution is -2.49. The normalized spacial score (nSPS) is 17.8. The van der Waals surface area contributed by atoms with Gasteiger partial charge >= 0.3 is 0 Å². The van der Waals surface area contributed by atoms with Crippen LogP contribution in [0.25, 0.3) is 0 Å². The third-order valence-corrected chi connectivity index (χ3v) is 4.00. The van der Waals surface area contributed by atoms with Crippen molar-refractivity contribution in [2.45, 2.75) is 46.1 Å². The Morgan fingerprint density at radius 3 is 2.57 bits per heavy atom. The number of hydrogen-bond donors (Lipinski definition) is 1. The second-order valence-corrected chi connectivity index (χ2v) is 6.36. The highest BCUT2D eigenvalue weighted by Crippen LogP contribution is 2.27. The van der Waals surface area contributed by atoms with E-state index in [2.05, 4.69) is 42.8 Å². The highest BCUT2D eigenvalue weighted by Gasteiger charge is 2.30. The van der Waals surface area contributed by atoms with Crippen molar-refractivity contribution in [2.24, 2.45) is 5.73 Å². The molecule has 1 fully saturated rings. The van der Waals surface area contributed by atoms with E-state index in [-0.39, 0.29) is 5.60 Å². The SMILES string of the molecule is CCc1nnc(N2CCOC(C)(C)C2)c(C(N)=S)c1CC. The fraction of sp³-hybridized carbons (Fsp3) is 0.667. The second kappa shape index (κ2) is 6.23. The van der Waals surface area contributed by atoms with Crippen LogP contribution >= 0.6 is 12.2 Å². The summed E-state index contributed by atoms with van der Waals surface area (Å²) in [5, 5.41) is 8.81. The molecule has 116 valence electrons. The first kappa shape index (κ1) is 16.1. The fourth-order valence-corrected chi connectivity index (χ4v) is 3.05. The third kappa shape index (κ3) is 3.32. The number of anilines is 1. The number of nitrogens with zero attached hydrogens (tertiary/aromatic N) is 3. The lowest BCUT2D eigenvalue weighted by molar-refractivity contribution is -0.0279. The summed E-state index contributed by atoms with van der Waals surface area (Å²) < 4.78 is 5.76. The molecule has 0 saturated carbocycles. The van der Waals surface area contributed by atoms with E-state index in [0.717, 1.165) is 48.6 Å². The number of nitrogens with two attached hydrogens (primary N) is 1. The zero-order valence-electron chi connectivity index (χ0n) is 13.3. The molecule has 1 saturated heterocycles. The molecule has 6 heteroatoms. The minimum atomic E-state index is -0.205. The number of aromatic nitrogens is 2. The molecule has 1 aromatic heterocycles. The molecule has 0 unspecified atom stereocenters. The van der Waals surface area contributed by atoms with Gasteiger partial charge in [-0.1, -0.05) is 26.1 Å². The van der Waals surface area contributed by atoms with Gasteiger partial charge < -0.3 is 15.4 Å². The van der Waals surface area contributed by atoms with Gasteiger partial charge in [-0.2, -0.15) is 5.10 Å². The highest BCUT2D eigenvalue weighted by molar-refractivity contribution is 7.80. The maximum Gasteiger partial charge on any atom is 0.162 e. The van der Waals surface area contributed by atoms with E-state index < -0.39 is 0 Å². The first-order valence-corrected chi connectivity index (χ1v) is 7.87. The second-order valence-electron chi connectivity index (χ2n) is 5.92. The zero-order chi connectivity index (χ0) is 15.6. The molecular weight excluding hydrogens is 284 g/mol. The van der Waals surface area contributed by atoms with Crippen LogP contribution < -0.4 is 10.6 Å². The number of hydrogen-bond acceptors (Lipinski definition) is 5. The molecular formula is C15H24N4OS. The summed E-state index contributed by atoms with van der Waals surface area (Å²) in [4.78, 5) is 2.58. The highest BCUT2D eigenvalue weighted by atomic mass is 32.1. The first-order chi connectivity index (χ1) is 9.89. The van der Waals surface area contributed by atoms with Crippen molar-refractivity contribution >= 4 is 23.0 Å².